The molecule has 1 saturated heterocycles. The van der Waals surface area contributed by atoms with Crippen molar-refractivity contribution in [3.63, 3.8) is 0 Å². The van der Waals surface area contributed by atoms with Crippen LogP contribution in [0.3, 0.4) is 0 Å². The fraction of sp³-hybridized carbons (Fsp3) is 0.500. The second-order valence-corrected chi connectivity index (χ2v) is 7.19. The smallest absolute Gasteiger partial charge is 0.351 e. The van der Waals surface area contributed by atoms with Crippen LogP contribution in [0.4, 0.5) is 28.9 Å². The molecule has 0 N–H and O–H groups in total. The van der Waals surface area contributed by atoms with E-state index in [1.165, 1.54) is 5.01 Å². The molecule has 0 aliphatic carbocycles. The number of benzene rings is 1. The molecule has 0 amide bonds. The van der Waals surface area contributed by atoms with Crippen molar-refractivity contribution in [1.82, 2.24) is 9.80 Å². The topological polar surface area (TPSA) is 46.8 Å². The fourth-order valence-electron chi connectivity index (χ4n) is 3.40. The van der Waals surface area contributed by atoms with Gasteiger partial charge in [-0.2, -0.15) is 18.3 Å². The molecule has 1 aromatic rings. The highest BCUT2D eigenvalue weighted by Crippen LogP contribution is 2.41. The third kappa shape index (κ3) is 3.36. The van der Waals surface area contributed by atoms with Crippen molar-refractivity contribution >= 4 is 29.3 Å². The van der Waals surface area contributed by atoms with E-state index in [4.69, 9.17) is 0 Å². The minimum atomic E-state index is -4.80. The van der Waals surface area contributed by atoms with Crippen molar-refractivity contribution in [3.8, 4) is 0 Å². The lowest BCUT2D eigenvalue weighted by Crippen LogP contribution is -2.52. The van der Waals surface area contributed by atoms with Crippen molar-refractivity contribution in [2.24, 2.45) is 15.1 Å². The number of hydrazone groups is 1. The molecular weight excluding hydrogens is 376 g/mol. The number of fused-ring (bicyclic) bond motifs is 3. The molecule has 3 heterocycles. The van der Waals surface area contributed by atoms with Crippen LogP contribution < -0.4 is 5.01 Å². The van der Waals surface area contributed by atoms with E-state index in [1.54, 1.807) is 6.21 Å². The Balaban J connectivity index is 1.87. The Morgan fingerprint density at radius 1 is 1.07 bits per heavy atom. The number of hydrogen-bond donors (Lipinski definition) is 0. The standard InChI is InChI=1S/C18H20F4N6/c1-11-3-4-23-28-15-10-13(19)12(18(20,21)22)9-14(15)25-16(17(28)24-11)27-7-5-26(2)6-8-27/h4,9-11H,3,5-8H2,1-2H3. The van der Waals surface area contributed by atoms with Gasteiger partial charge in [-0.05, 0) is 20.0 Å². The molecule has 0 spiro atoms. The Bertz CT molecular complexity index is 868. The number of rotatable bonds is 0. The quantitative estimate of drug-likeness (QED) is 0.633. The zero-order chi connectivity index (χ0) is 20.1. The Morgan fingerprint density at radius 3 is 2.46 bits per heavy atom. The largest absolute Gasteiger partial charge is 0.419 e. The highest BCUT2D eigenvalue weighted by molar-refractivity contribution is 6.47. The molecule has 3 aliphatic rings. The SMILES string of the molecule is CC1CC=NN2C(=N1)C(N1CCN(C)CC1)=Nc1cc(C(F)(F)F)c(F)cc12. The number of amidine groups is 2. The van der Waals surface area contributed by atoms with Gasteiger partial charge in [0, 0.05) is 44.9 Å². The summed E-state index contributed by atoms with van der Waals surface area (Å²) in [6, 6.07) is 1.52. The summed E-state index contributed by atoms with van der Waals surface area (Å²) in [7, 11) is 2.01. The minimum Gasteiger partial charge on any atom is -0.351 e. The van der Waals surface area contributed by atoms with Crippen molar-refractivity contribution < 1.29 is 17.6 Å². The lowest BCUT2D eigenvalue weighted by Gasteiger charge is -2.38. The zero-order valence-corrected chi connectivity index (χ0v) is 15.5. The van der Waals surface area contributed by atoms with Crippen molar-refractivity contribution in [3.05, 3.63) is 23.5 Å². The summed E-state index contributed by atoms with van der Waals surface area (Å²) in [5.41, 5.74) is -1.14. The van der Waals surface area contributed by atoms with E-state index in [9.17, 15) is 17.6 Å². The molecule has 6 nitrogen and oxygen atoms in total. The Morgan fingerprint density at radius 2 is 1.79 bits per heavy atom. The number of aliphatic imine (C=N–C) groups is 2. The first-order valence-corrected chi connectivity index (χ1v) is 9.07. The Kier molecular flexibility index (Phi) is 4.60. The summed E-state index contributed by atoms with van der Waals surface area (Å²) in [4.78, 5) is 13.3. The molecule has 1 unspecified atom stereocenters. The highest BCUT2D eigenvalue weighted by Gasteiger charge is 2.38. The van der Waals surface area contributed by atoms with Crippen LogP contribution in [0.1, 0.15) is 18.9 Å². The number of anilines is 1. The van der Waals surface area contributed by atoms with Crippen LogP contribution in [-0.4, -0.2) is 67.0 Å². The van der Waals surface area contributed by atoms with Gasteiger partial charge in [-0.25, -0.2) is 14.4 Å². The maximum Gasteiger partial charge on any atom is 0.419 e. The summed E-state index contributed by atoms with van der Waals surface area (Å²) in [6.45, 7) is 4.86. The van der Waals surface area contributed by atoms with Crippen molar-refractivity contribution in [2.75, 3.05) is 38.2 Å². The van der Waals surface area contributed by atoms with E-state index in [0.717, 1.165) is 25.2 Å². The predicted molar refractivity (Wildman–Crippen MR) is 100 cm³/mol. The number of piperazine rings is 1. The van der Waals surface area contributed by atoms with Gasteiger partial charge >= 0.3 is 6.18 Å². The maximum absolute atomic E-state index is 14.2. The molecule has 28 heavy (non-hydrogen) atoms. The van der Waals surface area contributed by atoms with E-state index >= 15 is 0 Å². The number of hydrogen-bond acceptors (Lipinski definition) is 6. The molecule has 4 rings (SSSR count). The van der Waals surface area contributed by atoms with Gasteiger partial charge in [0.2, 0.25) is 0 Å². The molecule has 1 atom stereocenters. The molecule has 0 bridgehead atoms. The first-order chi connectivity index (χ1) is 13.2. The van der Waals surface area contributed by atoms with Crippen LogP contribution in [0.2, 0.25) is 0 Å². The molecular formula is C18H20F4N6. The lowest BCUT2D eigenvalue weighted by molar-refractivity contribution is -0.139. The van der Waals surface area contributed by atoms with Crippen molar-refractivity contribution in [1.29, 1.82) is 0 Å². The maximum atomic E-state index is 14.2. The lowest BCUT2D eigenvalue weighted by atomic mass is 10.1. The third-order valence-electron chi connectivity index (χ3n) is 5.01. The van der Waals surface area contributed by atoms with E-state index in [0.29, 0.717) is 31.2 Å². The van der Waals surface area contributed by atoms with Gasteiger partial charge < -0.3 is 9.80 Å². The molecule has 0 saturated carbocycles. The molecule has 0 radical (unpaired) electrons. The van der Waals surface area contributed by atoms with Crippen molar-refractivity contribution in [2.45, 2.75) is 25.6 Å². The van der Waals surface area contributed by atoms with Crippen LogP contribution in [-0.2, 0) is 6.18 Å². The summed E-state index contributed by atoms with van der Waals surface area (Å²) in [5, 5.41) is 5.75. The molecule has 1 fully saturated rings. The highest BCUT2D eigenvalue weighted by atomic mass is 19.4. The van der Waals surface area contributed by atoms with Crippen LogP contribution in [0, 0.1) is 5.82 Å². The van der Waals surface area contributed by atoms with Crippen LogP contribution in [0.5, 0.6) is 0 Å². The molecule has 10 heteroatoms. The molecule has 3 aliphatic heterocycles. The average Bonchev–Trinajstić information content (AvgIpc) is 2.82. The van der Waals surface area contributed by atoms with Gasteiger partial charge in [0.15, 0.2) is 11.7 Å². The Labute approximate surface area is 159 Å². The Hall–Kier alpha value is -2.49. The second-order valence-electron chi connectivity index (χ2n) is 7.19. The first-order valence-electron chi connectivity index (χ1n) is 9.07. The first kappa shape index (κ1) is 18.9. The minimum absolute atomic E-state index is 0.0355. The van der Waals surface area contributed by atoms with Gasteiger partial charge in [0.1, 0.15) is 5.82 Å². The summed E-state index contributed by atoms with van der Waals surface area (Å²) >= 11 is 0. The predicted octanol–water partition coefficient (Wildman–Crippen LogP) is 3.12. The summed E-state index contributed by atoms with van der Waals surface area (Å²) < 4.78 is 53.8. The number of likely N-dealkylation sites (N-methyl/N-ethyl adjacent to an activating group) is 1. The van der Waals surface area contributed by atoms with E-state index in [2.05, 4.69) is 20.0 Å². The molecule has 150 valence electrons. The average molecular weight is 396 g/mol. The number of alkyl halides is 3. The van der Waals surface area contributed by atoms with Gasteiger partial charge in [0.25, 0.3) is 0 Å². The second kappa shape index (κ2) is 6.84. The molecule has 1 aromatic carbocycles. The summed E-state index contributed by atoms with van der Waals surface area (Å²) in [5.74, 6) is -0.431. The monoisotopic (exact) mass is 396 g/mol. The van der Waals surface area contributed by atoms with Crippen LogP contribution in [0.15, 0.2) is 27.2 Å². The van der Waals surface area contributed by atoms with E-state index in [-0.39, 0.29) is 17.4 Å². The van der Waals surface area contributed by atoms with Gasteiger partial charge in [0.05, 0.1) is 23.0 Å². The van der Waals surface area contributed by atoms with Gasteiger partial charge in [-0.3, -0.25) is 4.99 Å². The van der Waals surface area contributed by atoms with E-state index in [1.807, 2.05) is 18.9 Å². The summed E-state index contributed by atoms with van der Waals surface area (Å²) in [6.07, 6.45) is -2.57. The number of halogens is 4. The third-order valence-corrected chi connectivity index (χ3v) is 5.01. The number of nitrogens with zero attached hydrogens (tertiary/aromatic N) is 6. The van der Waals surface area contributed by atoms with Crippen LogP contribution >= 0.6 is 0 Å². The molecule has 0 aromatic heterocycles. The fourth-order valence-corrected chi connectivity index (χ4v) is 3.40. The van der Waals surface area contributed by atoms with E-state index < -0.39 is 17.6 Å². The van der Waals surface area contributed by atoms with Gasteiger partial charge in [-0.1, -0.05) is 0 Å². The zero-order valence-electron chi connectivity index (χ0n) is 15.5. The van der Waals surface area contributed by atoms with Gasteiger partial charge in [-0.15, -0.1) is 0 Å². The normalized spacial score (nSPS) is 23.0. The van der Waals surface area contributed by atoms with Crippen LogP contribution in [0.25, 0.3) is 0 Å².